The summed E-state index contributed by atoms with van der Waals surface area (Å²) in [5.74, 6) is -2.40. The fourth-order valence-electron chi connectivity index (χ4n) is 1.75. The fraction of sp³-hybridized carbons (Fsp3) is 0. The highest BCUT2D eigenvalue weighted by atomic mass is 32.3. The van der Waals surface area contributed by atoms with Gasteiger partial charge in [0.1, 0.15) is 11.5 Å². The molecule has 3 rings (SSSR count). The minimum atomic E-state index is -5.02. The maximum absolute atomic E-state index is 11.5. The largest absolute Gasteiger partial charge is 0.508 e. The Morgan fingerprint density at radius 3 is 2.00 bits per heavy atom. The number of ether oxygens (including phenoxy) is 1. The molecule has 0 amide bonds. The molecule has 10 nitrogen and oxygen atoms in total. The molecule has 0 bridgehead atoms. The third kappa shape index (κ3) is 3.29. The van der Waals surface area contributed by atoms with Crippen molar-refractivity contribution in [2.75, 3.05) is 0 Å². The van der Waals surface area contributed by atoms with Gasteiger partial charge in [0.2, 0.25) is 11.5 Å². The molecule has 0 saturated carbocycles. The second-order valence-electron chi connectivity index (χ2n) is 4.39. The molecular weight excluding hydrogens is 368 g/mol. The van der Waals surface area contributed by atoms with Crippen molar-refractivity contribution in [3.05, 3.63) is 36.4 Å². The molecule has 0 spiro atoms. The van der Waals surface area contributed by atoms with E-state index in [1.165, 1.54) is 24.3 Å². The summed E-state index contributed by atoms with van der Waals surface area (Å²) in [4.78, 5) is 0. The summed E-state index contributed by atoms with van der Waals surface area (Å²) in [7, 11) is -10.0. The highest BCUT2D eigenvalue weighted by Crippen LogP contribution is 2.48. The molecular formula is C12H8O10S2. The minimum Gasteiger partial charge on any atom is -0.508 e. The molecule has 12 heteroatoms. The van der Waals surface area contributed by atoms with Gasteiger partial charge in [-0.3, -0.25) is 0 Å². The van der Waals surface area contributed by atoms with Crippen LogP contribution in [0, 0.1) is 0 Å². The molecule has 24 heavy (non-hydrogen) atoms. The highest BCUT2D eigenvalue weighted by molar-refractivity contribution is 7.95. The first-order chi connectivity index (χ1) is 11.2. The SMILES string of the molecule is O=S1(=O)Oc2c(O)ccc(Oc3ccc(O)cc3)c2OS(=O)(=O)O1. The van der Waals surface area contributed by atoms with Gasteiger partial charge in [-0.1, -0.05) is 3.63 Å². The van der Waals surface area contributed by atoms with Crippen molar-refractivity contribution in [2.24, 2.45) is 0 Å². The zero-order valence-corrected chi connectivity index (χ0v) is 13.1. The van der Waals surface area contributed by atoms with E-state index in [4.69, 9.17) is 4.74 Å². The van der Waals surface area contributed by atoms with Crippen molar-refractivity contribution in [2.45, 2.75) is 0 Å². The van der Waals surface area contributed by atoms with Crippen LogP contribution in [0.4, 0.5) is 0 Å². The van der Waals surface area contributed by atoms with Crippen LogP contribution in [0.5, 0.6) is 34.5 Å². The van der Waals surface area contributed by atoms with E-state index in [-0.39, 0.29) is 17.2 Å². The minimum absolute atomic E-state index is 0.0338. The van der Waals surface area contributed by atoms with Gasteiger partial charge < -0.3 is 23.3 Å². The summed E-state index contributed by atoms with van der Waals surface area (Å²) in [6.45, 7) is 0. The van der Waals surface area contributed by atoms with Gasteiger partial charge in [-0.05, 0) is 36.4 Å². The van der Waals surface area contributed by atoms with Gasteiger partial charge in [0.15, 0.2) is 11.5 Å². The topological polar surface area (TPSA) is 146 Å². The normalized spacial score (nSPS) is 17.7. The smallest absolute Gasteiger partial charge is 0.466 e. The van der Waals surface area contributed by atoms with Crippen molar-refractivity contribution in [1.82, 2.24) is 0 Å². The van der Waals surface area contributed by atoms with E-state index in [1.807, 2.05) is 0 Å². The maximum Gasteiger partial charge on any atom is 0.466 e. The standard InChI is InChI=1S/C12H8O10S2/c13-7-1-3-8(4-2-7)19-10-6-5-9(14)11-12(10)21-24(17,18)22-23(15,16)20-11/h1-6,13-14H. The lowest BCUT2D eigenvalue weighted by Crippen LogP contribution is -2.18. The lowest BCUT2D eigenvalue weighted by atomic mass is 10.2. The molecule has 0 unspecified atom stereocenters. The Morgan fingerprint density at radius 1 is 0.792 bits per heavy atom. The van der Waals surface area contributed by atoms with E-state index in [2.05, 4.69) is 12.0 Å². The molecule has 0 aromatic heterocycles. The van der Waals surface area contributed by atoms with Crippen LogP contribution in [-0.2, 0) is 24.4 Å². The van der Waals surface area contributed by atoms with Crippen molar-refractivity contribution in [3.63, 3.8) is 0 Å². The monoisotopic (exact) mass is 376 g/mol. The van der Waals surface area contributed by atoms with E-state index < -0.39 is 38.0 Å². The van der Waals surface area contributed by atoms with Gasteiger partial charge in [-0.15, -0.1) is 0 Å². The quantitative estimate of drug-likeness (QED) is 0.783. The van der Waals surface area contributed by atoms with Gasteiger partial charge in [0, 0.05) is 0 Å². The number of hydrogen-bond acceptors (Lipinski definition) is 10. The molecule has 128 valence electrons. The van der Waals surface area contributed by atoms with Gasteiger partial charge in [0.25, 0.3) is 0 Å². The molecule has 2 aromatic rings. The van der Waals surface area contributed by atoms with Crippen LogP contribution in [0.2, 0.25) is 0 Å². The number of rotatable bonds is 2. The van der Waals surface area contributed by atoms with Crippen molar-refractivity contribution < 1.29 is 43.8 Å². The molecule has 1 aliphatic rings. The number of hydrogen-bond donors (Lipinski definition) is 2. The van der Waals surface area contributed by atoms with E-state index in [0.29, 0.717) is 0 Å². The molecule has 1 aliphatic heterocycles. The highest BCUT2D eigenvalue weighted by Gasteiger charge is 2.37. The van der Waals surface area contributed by atoms with Gasteiger partial charge in [-0.25, -0.2) is 0 Å². The molecule has 2 aromatic carbocycles. The average molecular weight is 376 g/mol. The summed E-state index contributed by atoms with van der Waals surface area (Å²) in [6, 6.07) is 7.44. The number of aromatic hydroxyl groups is 2. The van der Waals surface area contributed by atoms with Crippen LogP contribution in [0.1, 0.15) is 0 Å². The van der Waals surface area contributed by atoms with Crippen LogP contribution in [0.15, 0.2) is 36.4 Å². The molecule has 0 fully saturated rings. The van der Waals surface area contributed by atoms with E-state index in [9.17, 15) is 27.0 Å². The molecule has 0 aliphatic carbocycles. The van der Waals surface area contributed by atoms with Crippen molar-refractivity contribution >= 4 is 20.8 Å². The number of phenolic OH excluding ortho intramolecular Hbond substituents is 2. The first-order valence-corrected chi connectivity index (χ1v) is 8.75. The maximum atomic E-state index is 11.5. The predicted octanol–water partition coefficient (Wildman–Crippen LogP) is 1.17. The van der Waals surface area contributed by atoms with Crippen LogP contribution in [0.3, 0.4) is 0 Å². The van der Waals surface area contributed by atoms with Crippen LogP contribution in [0.25, 0.3) is 0 Å². The van der Waals surface area contributed by atoms with Gasteiger partial charge in [0.05, 0.1) is 0 Å². The van der Waals surface area contributed by atoms with Crippen LogP contribution < -0.4 is 13.1 Å². The summed E-state index contributed by atoms with van der Waals surface area (Å²) in [6.07, 6.45) is 0. The van der Waals surface area contributed by atoms with E-state index >= 15 is 0 Å². The first-order valence-electron chi connectivity index (χ1n) is 6.08. The second kappa shape index (κ2) is 5.43. The Labute approximate surface area is 136 Å². The van der Waals surface area contributed by atoms with Gasteiger partial charge in [-0.2, -0.15) is 16.8 Å². The molecule has 0 atom stereocenters. The molecule has 1 heterocycles. The van der Waals surface area contributed by atoms with Crippen LogP contribution in [-0.4, -0.2) is 27.0 Å². The Kier molecular flexibility index (Phi) is 3.66. The van der Waals surface area contributed by atoms with Crippen LogP contribution >= 0.6 is 0 Å². The lowest BCUT2D eigenvalue weighted by molar-refractivity contribution is 0.367. The van der Waals surface area contributed by atoms with E-state index in [0.717, 1.165) is 12.1 Å². The summed E-state index contributed by atoms with van der Waals surface area (Å²) < 4.78 is 63.9. The fourth-order valence-corrected chi connectivity index (χ4v) is 3.51. The zero-order valence-electron chi connectivity index (χ0n) is 11.4. The zero-order chi connectivity index (χ0) is 17.5. The second-order valence-corrected chi connectivity index (χ2v) is 6.90. The molecule has 0 saturated heterocycles. The number of phenols is 2. The Balaban J connectivity index is 2.12. The number of fused-ring (bicyclic) bond motifs is 1. The van der Waals surface area contributed by atoms with E-state index in [1.54, 1.807) is 0 Å². The summed E-state index contributed by atoms with van der Waals surface area (Å²) in [5.41, 5.74) is 0. The molecule has 0 radical (unpaired) electrons. The Morgan fingerprint density at radius 2 is 1.38 bits per heavy atom. The Hall–Kier alpha value is -2.70. The Bertz CT molecular complexity index is 993. The predicted molar refractivity (Wildman–Crippen MR) is 76.5 cm³/mol. The summed E-state index contributed by atoms with van der Waals surface area (Å²) >= 11 is 0. The lowest BCUT2D eigenvalue weighted by Gasteiger charge is -2.12. The third-order valence-corrected chi connectivity index (χ3v) is 4.73. The summed E-state index contributed by atoms with van der Waals surface area (Å²) in [5, 5.41) is 18.9. The van der Waals surface area contributed by atoms with Crippen molar-refractivity contribution in [3.8, 4) is 34.5 Å². The number of benzene rings is 2. The third-order valence-electron chi connectivity index (χ3n) is 2.66. The van der Waals surface area contributed by atoms with Gasteiger partial charge >= 0.3 is 20.8 Å². The average Bonchev–Trinajstić information content (AvgIpc) is 2.56. The molecule has 2 N–H and O–H groups in total. The first kappa shape index (κ1) is 16.2. The van der Waals surface area contributed by atoms with Crippen molar-refractivity contribution in [1.29, 1.82) is 0 Å².